The van der Waals surface area contributed by atoms with Crippen molar-refractivity contribution in [2.75, 3.05) is 4.90 Å². The Kier molecular flexibility index (Phi) is 4.63. The Hall–Kier alpha value is -2.60. The lowest BCUT2D eigenvalue weighted by atomic mass is 10.1. The van der Waals surface area contributed by atoms with Crippen LogP contribution < -0.4 is 9.64 Å². The van der Waals surface area contributed by atoms with Gasteiger partial charge in [-0.3, -0.25) is 14.9 Å². The fraction of sp³-hybridized carbons (Fsp3) is 0.278. The van der Waals surface area contributed by atoms with E-state index in [2.05, 4.69) is 0 Å². The molecule has 0 saturated heterocycles. The Labute approximate surface area is 150 Å². The number of nitro groups is 1. The molecule has 1 aliphatic rings. The van der Waals surface area contributed by atoms with E-state index in [4.69, 9.17) is 16.3 Å². The summed E-state index contributed by atoms with van der Waals surface area (Å²) in [5.74, 6) is -0.211. The molecule has 1 amide bonds. The molecule has 2 aromatic carbocycles. The Morgan fingerprint density at radius 2 is 2.08 bits per heavy atom. The summed E-state index contributed by atoms with van der Waals surface area (Å²) in [6.07, 6.45) is -0.0936. The molecule has 0 aliphatic carbocycles. The van der Waals surface area contributed by atoms with Crippen LogP contribution in [0.1, 0.15) is 19.4 Å². The number of nitrogens with zero attached hydrogens (tertiary/aromatic N) is 2. The summed E-state index contributed by atoms with van der Waals surface area (Å²) in [6.45, 7) is 3.56. The minimum Gasteiger partial charge on any atom is -0.474 e. The van der Waals surface area contributed by atoms with Crippen LogP contribution in [0.5, 0.6) is 5.75 Å². The quantitative estimate of drug-likeness (QED) is 0.610. The lowest BCUT2D eigenvalue weighted by Gasteiger charge is -2.26. The summed E-state index contributed by atoms with van der Waals surface area (Å²) in [6, 6.07) is 11.8. The number of nitro benzene ring substituents is 1. The average molecular weight is 361 g/mol. The van der Waals surface area contributed by atoms with E-state index in [-0.39, 0.29) is 28.4 Å². The topological polar surface area (TPSA) is 72.7 Å². The predicted molar refractivity (Wildman–Crippen MR) is 95.3 cm³/mol. The van der Waals surface area contributed by atoms with Gasteiger partial charge in [-0.25, -0.2) is 0 Å². The first-order chi connectivity index (χ1) is 11.9. The van der Waals surface area contributed by atoms with Crippen molar-refractivity contribution in [2.24, 2.45) is 0 Å². The SMILES string of the molecule is C[C@@H](Oc1ccc(Cl)cc1[N+](=O)[O-])C(=O)N1c2ccccc2C[C@@H]1C. The van der Waals surface area contributed by atoms with Gasteiger partial charge in [0.25, 0.3) is 5.91 Å². The number of fused-ring (bicyclic) bond motifs is 1. The minimum atomic E-state index is -0.867. The molecule has 0 radical (unpaired) electrons. The molecule has 25 heavy (non-hydrogen) atoms. The summed E-state index contributed by atoms with van der Waals surface area (Å²) >= 11 is 5.80. The molecule has 0 aromatic heterocycles. The Morgan fingerprint density at radius 1 is 1.36 bits per heavy atom. The Morgan fingerprint density at radius 3 is 2.80 bits per heavy atom. The van der Waals surface area contributed by atoms with Crippen LogP contribution in [0.4, 0.5) is 11.4 Å². The van der Waals surface area contributed by atoms with Gasteiger partial charge >= 0.3 is 5.69 Å². The molecular weight excluding hydrogens is 344 g/mol. The zero-order valence-electron chi connectivity index (χ0n) is 13.8. The molecule has 7 heteroatoms. The molecule has 2 atom stereocenters. The van der Waals surface area contributed by atoms with Gasteiger partial charge in [-0.15, -0.1) is 0 Å². The zero-order chi connectivity index (χ0) is 18.1. The number of amides is 1. The van der Waals surface area contributed by atoms with Gasteiger partial charge in [0.15, 0.2) is 11.9 Å². The van der Waals surface area contributed by atoms with Gasteiger partial charge in [-0.1, -0.05) is 29.8 Å². The third kappa shape index (κ3) is 3.30. The van der Waals surface area contributed by atoms with E-state index < -0.39 is 11.0 Å². The van der Waals surface area contributed by atoms with Crippen LogP contribution in [0.2, 0.25) is 5.02 Å². The zero-order valence-corrected chi connectivity index (χ0v) is 14.6. The largest absolute Gasteiger partial charge is 0.474 e. The highest BCUT2D eigenvalue weighted by Gasteiger charge is 2.34. The molecule has 0 saturated carbocycles. The molecule has 130 valence electrons. The predicted octanol–water partition coefficient (Wildman–Crippen LogP) is 3.99. The maximum Gasteiger partial charge on any atom is 0.312 e. The standard InChI is InChI=1S/C18H17ClN2O4/c1-11-9-13-5-3-4-6-15(13)20(11)18(22)12(2)25-17-8-7-14(19)10-16(17)21(23)24/h3-8,10-12H,9H2,1-2H3/t11-,12+/m0/s1. The van der Waals surface area contributed by atoms with Crippen LogP contribution >= 0.6 is 11.6 Å². The number of rotatable bonds is 4. The molecule has 0 N–H and O–H groups in total. The first-order valence-electron chi connectivity index (χ1n) is 7.90. The van der Waals surface area contributed by atoms with E-state index in [1.54, 1.807) is 11.8 Å². The number of para-hydroxylation sites is 1. The van der Waals surface area contributed by atoms with Gasteiger partial charge in [-0.05, 0) is 44.0 Å². The minimum absolute atomic E-state index is 0.0103. The third-order valence-corrected chi connectivity index (χ3v) is 4.45. The smallest absolute Gasteiger partial charge is 0.312 e. The van der Waals surface area contributed by atoms with Crippen molar-refractivity contribution < 1.29 is 14.5 Å². The Balaban J connectivity index is 1.84. The van der Waals surface area contributed by atoms with Crippen molar-refractivity contribution >= 4 is 28.9 Å². The maximum atomic E-state index is 12.9. The monoisotopic (exact) mass is 360 g/mol. The summed E-state index contributed by atoms with van der Waals surface area (Å²) in [4.78, 5) is 25.2. The van der Waals surface area contributed by atoms with Crippen LogP contribution in [0.15, 0.2) is 42.5 Å². The van der Waals surface area contributed by atoms with Gasteiger partial charge in [0.2, 0.25) is 0 Å². The van der Waals surface area contributed by atoms with E-state index in [0.29, 0.717) is 0 Å². The van der Waals surface area contributed by atoms with Crippen LogP contribution in [0, 0.1) is 10.1 Å². The summed E-state index contributed by atoms with van der Waals surface area (Å²) in [5.41, 5.74) is 1.70. The van der Waals surface area contributed by atoms with Gasteiger partial charge < -0.3 is 9.64 Å². The number of carbonyl (C=O) groups is 1. The van der Waals surface area contributed by atoms with Crippen LogP contribution in [0.25, 0.3) is 0 Å². The molecule has 0 unspecified atom stereocenters. The highest BCUT2D eigenvalue weighted by Crippen LogP contribution is 2.34. The van der Waals surface area contributed by atoms with E-state index in [1.807, 2.05) is 31.2 Å². The van der Waals surface area contributed by atoms with Gasteiger partial charge in [0.1, 0.15) is 0 Å². The number of hydrogen-bond donors (Lipinski definition) is 0. The van der Waals surface area contributed by atoms with Crippen molar-refractivity contribution in [3.05, 3.63) is 63.2 Å². The molecule has 0 fully saturated rings. The van der Waals surface area contributed by atoms with Crippen LogP contribution in [0.3, 0.4) is 0 Å². The van der Waals surface area contributed by atoms with Crippen LogP contribution in [-0.2, 0) is 11.2 Å². The lowest BCUT2D eigenvalue weighted by Crippen LogP contribution is -2.43. The van der Waals surface area contributed by atoms with Crippen molar-refractivity contribution in [1.29, 1.82) is 0 Å². The number of anilines is 1. The number of benzene rings is 2. The number of ether oxygens (including phenoxy) is 1. The normalized spacial score (nSPS) is 17.1. The molecule has 0 spiro atoms. The van der Waals surface area contributed by atoms with Crippen LogP contribution in [-0.4, -0.2) is 23.0 Å². The summed E-state index contributed by atoms with van der Waals surface area (Å²) in [7, 11) is 0. The molecule has 0 bridgehead atoms. The summed E-state index contributed by atoms with van der Waals surface area (Å²) < 4.78 is 5.61. The maximum absolute atomic E-state index is 12.9. The number of hydrogen-bond acceptors (Lipinski definition) is 4. The third-order valence-electron chi connectivity index (χ3n) is 4.21. The van der Waals surface area contributed by atoms with Gasteiger partial charge in [0, 0.05) is 22.8 Å². The second-order valence-corrected chi connectivity index (χ2v) is 6.46. The molecule has 1 heterocycles. The first-order valence-corrected chi connectivity index (χ1v) is 8.28. The van der Waals surface area contributed by atoms with E-state index in [9.17, 15) is 14.9 Å². The second-order valence-electron chi connectivity index (χ2n) is 6.02. The van der Waals surface area contributed by atoms with Crippen molar-refractivity contribution in [3.63, 3.8) is 0 Å². The van der Waals surface area contributed by atoms with Gasteiger partial charge in [0.05, 0.1) is 4.92 Å². The average Bonchev–Trinajstić information content (AvgIpc) is 2.91. The fourth-order valence-corrected chi connectivity index (χ4v) is 3.24. The van der Waals surface area contributed by atoms with Crippen molar-refractivity contribution in [1.82, 2.24) is 0 Å². The Bertz CT molecular complexity index is 840. The second kappa shape index (κ2) is 6.72. The molecule has 2 aromatic rings. The number of carbonyl (C=O) groups excluding carboxylic acids is 1. The van der Waals surface area contributed by atoms with E-state index in [1.165, 1.54) is 18.2 Å². The molecule has 3 rings (SSSR count). The van der Waals surface area contributed by atoms with Crippen molar-refractivity contribution in [2.45, 2.75) is 32.4 Å². The van der Waals surface area contributed by atoms with Gasteiger partial charge in [-0.2, -0.15) is 0 Å². The molecule has 6 nitrogen and oxygen atoms in total. The van der Waals surface area contributed by atoms with E-state index >= 15 is 0 Å². The van der Waals surface area contributed by atoms with E-state index in [0.717, 1.165) is 17.7 Å². The first kappa shape index (κ1) is 17.2. The highest BCUT2D eigenvalue weighted by molar-refractivity contribution is 6.30. The highest BCUT2D eigenvalue weighted by atomic mass is 35.5. The summed E-state index contributed by atoms with van der Waals surface area (Å²) in [5, 5.41) is 11.4. The fourth-order valence-electron chi connectivity index (χ4n) is 3.07. The lowest BCUT2D eigenvalue weighted by molar-refractivity contribution is -0.386. The molecular formula is C18H17ClN2O4. The number of halogens is 1. The van der Waals surface area contributed by atoms with Crippen molar-refractivity contribution in [3.8, 4) is 5.75 Å². The molecule has 1 aliphatic heterocycles.